The Kier molecular flexibility index (Phi) is 4.47. The van der Waals surface area contributed by atoms with Gasteiger partial charge < -0.3 is 9.15 Å². The highest BCUT2D eigenvalue weighted by molar-refractivity contribution is 5.79. The molecule has 1 atom stereocenters. The number of aryl methyl sites for hydroxylation is 1. The number of fused-ring (bicyclic) bond motifs is 1. The largest absolute Gasteiger partial charge is 0.466 e. The third-order valence-electron chi connectivity index (χ3n) is 3.91. The van der Waals surface area contributed by atoms with Gasteiger partial charge in [-0.15, -0.1) is 0 Å². The number of benzene rings is 2. The Morgan fingerprint density at radius 3 is 2.65 bits per heavy atom. The second kappa shape index (κ2) is 6.69. The summed E-state index contributed by atoms with van der Waals surface area (Å²) in [5.74, 6) is 0.450. The standard InChI is InChI=1S/C20H20O3/c1-3-22-20(21)13-17(15-7-5-4-6-8-15)19-12-16-11-14(2)9-10-18(16)23-19/h4-12,17H,3,13H2,1-2H3. The molecule has 3 nitrogen and oxygen atoms in total. The van der Waals surface area contributed by atoms with Crippen molar-refractivity contribution < 1.29 is 13.9 Å². The Balaban J connectivity index is 2.00. The minimum absolute atomic E-state index is 0.136. The van der Waals surface area contributed by atoms with E-state index in [1.807, 2.05) is 55.5 Å². The average molecular weight is 308 g/mol. The molecule has 0 spiro atoms. The number of esters is 1. The highest BCUT2D eigenvalue weighted by atomic mass is 16.5. The lowest BCUT2D eigenvalue weighted by atomic mass is 9.93. The molecule has 0 saturated carbocycles. The lowest BCUT2D eigenvalue weighted by molar-refractivity contribution is -0.143. The van der Waals surface area contributed by atoms with E-state index in [9.17, 15) is 4.79 Å². The van der Waals surface area contributed by atoms with Gasteiger partial charge in [-0.05, 0) is 37.6 Å². The lowest BCUT2D eigenvalue weighted by Gasteiger charge is -2.14. The van der Waals surface area contributed by atoms with Gasteiger partial charge in [0.25, 0.3) is 0 Å². The Morgan fingerprint density at radius 2 is 1.91 bits per heavy atom. The van der Waals surface area contributed by atoms with E-state index in [1.165, 1.54) is 5.56 Å². The second-order valence-corrected chi connectivity index (χ2v) is 5.66. The van der Waals surface area contributed by atoms with Crippen LogP contribution in [0.1, 0.15) is 36.1 Å². The van der Waals surface area contributed by atoms with Gasteiger partial charge in [0.1, 0.15) is 11.3 Å². The molecule has 3 rings (SSSR count). The van der Waals surface area contributed by atoms with Crippen LogP contribution in [0.4, 0.5) is 0 Å². The first-order chi connectivity index (χ1) is 11.2. The van der Waals surface area contributed by atoms with Crippen molar-refractivity contribution in [2.45, 2.75) is 26.2 Å². The highest BCUT2D eigenvalue weighted by Gasteiger charge is 2.22. The van der Waals surface area contributed by atoms with Gasteiger partial charge in [0, 0.05) is 5.39 Å². The molecular weight excluding hydrogens is 288 g/mol. The van der Waals surface area contributed by atoms with Crippen molar-refractivity contribution in [3.05, 3.63) is 71.5 Å². The van der Waals surface area contributed by atoms with Crippen LogP contribution in [-0.4, -0.2) is 12.6 Å². The predicted octanol–water partition coefficient (Wildman–Crippen LogP) is 4.83. The van der Waals surface area contributed by atoms with Crippen molar-refractivity contribution in [3.63, 3.8) is 0 Å². The summed E-state index contributed by atoms with van der Waals surface area (Å²) in [5, 5.41) is 1.06. The molecule has 0 amide bonds. The van der Waals surface area contributed by atoms with E-state index in [2.05, 4.69) is 13.0 Å². The van der Waals surface area contributed by atoms with E-state index in [1.54, 1.807) is 0 Å². The molecule has 0 N–H and O–H groups in total. The van der Waals surface area contributed by atoms with Crippen LogP contribution < -0.4 is 0 Å². The summed E-state index contributed by atoms with van der Waals surface area (Å²) in [5.41, 5.74) is 3.08. The zero-order chi connectivity index (χ0) is 16.2. The minimum Gasteiger partial charge on any atom is -0.466 e. The van der Waals surface area contributed by atoms with Crippen LogP contribution in [0, 0.1) is 6.92 Å². The van der Waals surface area contributed by atoms with Crippen LogP contribution in [0.2, 0.25) is 0 Å². The third kappa shape index (κ3) is 3.45. The predicted molar refractivity (Wildman–Crippen MR) is 90.5 cm³/mol. The average Bonchev–Trinajstić information content (AvgIpc) is 2.96. The molecule has 1 heterocycles. The van der Waals surface area contributed by atoms with E-state index in [4.69, 9.17) is 9.15 Å². The maximum atomic E-state index is 12.0. The summed E-state index contributed by atoms with van der Waals surface area (Å²) in [4.78, 5) is 12.0. The summed E-state index contributed by atoms with van der Waals surface area (Å²) in [7, 11) is 0. The molecular formula is C20H20O3. The molecule has 0 aliphatic heterocycles. The Bertz CT molecular complexity index is 802. The molecule has 3 heteroatoms. The van der Waals surface area contributed by atoms with Crippen molar-refractivity contribution in [2.75, 3.05) is 6.61 Å². The number of furan rings is 1. The first kappa shape index (κ1) is 15.3. The molecule has 0 fully saturated rings. The summed E-state index contributed by atoms with van der Waals surface area (Å²) >= 11 is 0. The summed E-state index contributed by atoms with van der Waals surface area (Å²) in [6, 6.07) is 18.1. The summed E-state index contributed by atoms with van der Waals surface area (Å²) in [6.07, 6.45) is 0.274. The molecule has 1 unspecified atom stereocenters. The molecule has 23 heavy (non-hydrogen) atoms. The van der Waals surface area contributed by atoms with E-state index >= 15 is 0 Å². The molecule has 1 aromatic heterocycles. The number of hydrogen-bond acceptors (Lipinski definition) is 3. The quantitative estimate of drug-likeness (QED) is 0.634. The smallest absolute Gasteiger partial charge is 0.306 e. The molecule has 2 aromatic carbocycles. The molecule has 0 bridgehead atoms. The van der Waals surface area contributed by atoms with Gasteiger partial charge in [-0.1, -0.05) is 42.0 Å². The van der Waals surface area contributed by atoms with Crippen molar-refractivity contribution in [3.8, 4) is 0 Å². The minimum atomic E-state index is -0.210. The van der Waals surface area contributed by atoms with Crippen LogP contribution in [-0.2, 0) is 9.53 Å². The molecule has 118 valence electrons. The fourth-order valence-corrected chi connectivity index (χ4v) is 2.81. The van der Waals surface area contributed by atoms with Gasteiger partial charge in [0.15, 0.2) is 0 Å². The van der Waals surface area contributed by atoms with Gasteiger partial charge in [-0.3, -0.25) is 4.79 Å². The molecule has 3 aromatic rings. The van der Waals surface area contributed by atoms with Crippen LogP contribution in [0.3, 0.4) is 0 Å². The summed E-state index contributed by atoms with van der Waals surface area (Å²) < 4.78 is 11.1. The maximum Gasteiger partial charge on any atom is 0.306 e. The Morgan fingerprint density at radius 1 is 1.13 bits per heavy atom. The highest BCUT2D eigenvalue weighted by Crippen LogP contribution is 2.33. The normalized spacial score (nSPS) is 12.3. The van der Waals surface area contributed by atoms with Crippen molar-refractivity contribution >= 4 is 16.9 Å². The van der Waals surface area contributed by atoms with Crippen LogP contribution >= 0.6 is 0 Å². The van der Waals surface area contributed by atoms with E-state index in [0.717, 1.165) is 22.3 Å². The van der Waals surface area contributed by atoms with Crippen molar-refractivity contribution in [1.29, 1.82) is 0 Å². The first-order valence-corrected chi connectivity index (χ1v) is 7.88. The Labute approximate surface area is 135 Å². The van der Waals surface area contributed by atoms with Gasteiger partial charge in [0.05, 0.1) is 18.9 Å². The second-order valence-electron chi connectivity index (χ2n) is 5.66. The topological polar surface area (TPSA) is 39.4 Å². The van der Waals surface area contributed by atoms with Gasteiger partial charge in [-0.2, -0.15) is 0 Å². The zero-order valence-corrected chi connectivity index (χ0v) is 13.4. The van der Waals surface area contributed by atoms with Crippen molar-refractivity contribution in [1.82, 2.24) is 0 Å². The summed E-state index contributed by atoms with van der Waals surface area (Å²) in [6.45, 7) is 4.26. The Hall–Kier alpha value is -2.55. The molecule has 0 aliphatic carbocycles. The number of carbonyl (C=O) groups is 1. The molecule has 0 radical (unpaired) electrons. The number of carbonyl (C=O) groups excluding carboxylic acids is 1. The lowest BCUT2D eigenvalue weighted by Crippen LogP contribution is -2.11. The fourth-order valence-electron chi connectivity index (χ4n) is 2.81. The van der Waals surface area contributed by atoms with Gasteiger partial charge in [-0.25, -0.2) is 0 Å². The fraction of sp³-hybridized carbons (Fsp3) is 0.250. The van der Waals surface area contributed by atoms with Crippen LogP contribution in [0.15, 0.2) is 59.0 Å². The van der Waals surface area contributed by atoms with E-state index in [-0.39, 0.29) is 18.3 Å². The molecule has 0 saturated heterocycles. The SMILES string of the molecule is CCOC(=O)CC(c1ccccc1)c1cc2cc(C)ccc2o1. The van der Waals surface area contributed by atoms with E-state index in [0.29, 0.717) is 6.61 Å². The van der Waals surface area contributed by atoms with Crippen molar-refractivity contribution in [2.24, 2.45) is 0 Å². The maximum absolute atomic E-state index is 12.0. The number of ether oxygens (including phenoxy) is 1. The monoisotopic (exact) mass is 308 g/mol. The zero-order valence-electron chi connectivity index (χ0n) is 13.4. The molecule has 0 aliphatic rings. The van der Waals surface area contributed by atoms with Gasteiger partial charge >= 0.3 is 5.97 Å². The first-order valence-electron chi connectivity index (χ1n) is 7.88. The number of rotatable bonds is 5. The van der Waals surface area contributed by atoms with Gasteiger partial charge in [0.2, 0.25) is 0 Å². The van der Waals surface area contributed by atoms with E-state index < -0.39 is 0 Å². The van der Waals surface area contributed by atoms with Crippen LogP contribution in [0.25, 0.3) is 11.0 Å². The third-order valence-corrected chi connectivity index (χ3v) is 3.91. The van der Waals surface area contributed by atoms with Crippen LogP contribution in [0.5, 0.6) is 0 Å². The number of hydrogen-bond donors (Lipinski definition) is 0.